The molecule has 42 heavy (non-hydrogen) atoms. The Balaban J connectivity index is 1.44. The number of hydrogen-bond donors (Lipinski definition) is 2. The second-order valence-electron chi connectivity index (χ2n) is 9.80. The molecule has 9 heteroatoms. The normalized spacial score (nSPS) is 11.0. The molecule has 0 saturated heterocycles. The minimum Gasteiger partial charge on any atom is -0.497 e. The molecule has 0 unspecified atom stereocenters. The summed E-state index contributed by atoms with van der Waals surface area (Å²) in [4.78, 5) is 13.8. The van der Waals surface area contributed by atoms with Gasteiger partial charge in [-0.05, 0) is 54.4 Å². The van der Waals surface area contributed by atoms with Crippen molar-refractivity contribution in [2.45, 2.75) is 20.1 Å². The van der Waals surface area contributed by atoms with E-state index in [9.17, 15) is 0 Å². The second-order valence-corrected chi connectivity index (χ2v) is 9.80. The van der Waals surface area contributed by atoms with Crippen LogP contribution >= 0.6 is 0 Å². The van der Waals surface area contributed by atoms with Crippen LogP contribution in [-0.4, -0.2) is 26.6 Å². The van der Waals surface area contributed by atoms with Gasteiger partial charge in [0.25, 0.3) is 0 Å². The molecule has 3 N–H and O–H groups in total. The summed E-state index contributed by atoms with van der Waals surface area (Å²) in [5, 5.41) is 3.45. The number of aromatic nitrogens is 4. The summed E-state index contributed by atoms with van der Waals surface area (Å²) in [5.41, 5.74) is 12.8. The Hall–Kier alpha value is -5.44. The number of nitrogens with one attached hydrogen (secondary N) is 1. The Labute approximate surface area is 242 Å². The number of aryl methyl sites for hydroxylation is 1. The topological polar surface area (TPSA) is 100 Å². The summed E-state index contributed by atoms with van der Waals surface area (Å²) >= 11 is 0. The van der Waals surface area contributed by atoms with Gasteiger partial charge in [0.05, 0.1) is 35.9 Å². The highest BCUT2D eigenvalue weighted by Gasteiger charge is 2.23. The molecule has 0 aliphatic heterocycles. The molecule has 0 spiro atoms. The molecule has 0 fully saturated rings. The number of benzene rings is 3. The van der Waals surface area contributed by atoms with Gasteiger partial charge in [0.15, 0.2) is 17.4 Å². The first-order chi connectivity index (χ1) is 20.5. The second kappa shape index (κ2) is 11.6. The molecule has 210 valence electrons. The van der Waals surface area contributed by atoms with Crippen molar-refractivity contribution >= 4 is 22.5 Å². The summed E-state index contributed by atoms with van der Waals surface area (Å²) in [6, 6.07) is 26.0. The van der Waals surface area contributed by atoms with Gasteiger partial charge in [-0.25, -0.2) is 14.4 Å². The predicted molar refractivity (Wildman–Crippen MR) is 162 cm³/mol. The highest BCUT2D eigenvalue weighted by Crippen LogP contribution is 2.38. The molecule has 3 aromatic carbocycles. The number of nitrogens with two attached hydrogens (primary N) is 1. The summed E-state index contributed by atoms with van der Waals surface area (Å²) in [6.45, 7) is 2.74. The van der Waals surface area contributed by atoms with E-state index in [1.54, 1.807) is 25.4 Å². The summed E-state index contributed by atoms with van der Waals surface area (Å²) in [5.74, 6) is 1.07. The molecule has 0 saturated carbocycles. The Morgan fingerprint density at radius 1 is 0.905 bits per heavy atom. The molecule has 6 rings (SSSR count). The quantitative estimate of drug-likeness (QED) is 0.203. The Kier molecular flexibility index (Phi) is 7.38. The van der Waals surface area contributed by atoms with Crippen molar-refractivity contribution in [2.24, 2.45) is 0 Å². The predicted octanol–water partition coefficient (Wildman–Crippen LogP) is 6.71. The van der Waals surface area contributed by atoms with E-state index in [2.05, 4.69) is 20.3 Å². The van der Waals surface area contributed by atoms with Crippen LogP contribution in [0.2, 0.25) is 0 Å². The van der Waals surface area contributed by atoms with Crippen LogP contribution in [0, 0.1) is 12.7 Å². The standard InChI is InChI=1S/C33H29FN6O2/c1-21-30-32(33(39-20-38-30)37-17-22-8-12-26(41-2)13-9-22)40(31(21)28-14-10-24(35)18-36-28)25-11-15-29(27(34)16-25)42-19-23-6-4-3-5-7-23/h3-16,18,20H,17,19,35H2,1-2H3,(H,37,38,39). The van der Waals surface area contributed by atoms with E-state index in [4.69, 9.17) is 15.2 Å². The Morgan fingerprint density at radius 2 is 1.71 bits per heavy atom. The molecule has 6 aromatic rings. The van der Waals surface area contributed by atoms with Crippen LogP contribution in [0.25, 0.3) is 28.1 Å². The van der Waals surface area contributed by atoms with Gasteiger partial charge in [-0.2, -0.15) is 0 Å². The molecule has 0 aliphatic carbocycles. The van der Waals surface area contributed by atoms with E-state index in [0.717, 1.165) is 33.7 Å². The minimum absolute atomic E-state index is 0.164. The van der Waals surface area contributed by atoms with Crippen LogP contribution in [0.1, 0.15) is 16.7 Å². The van der Waals surface area contributed by atoms with Gasteiger partial charge >= 0.3 is 0 Å². The first kappa shape index (κ1) is 26.8. The number of pyridine rings is 1. The van der Waals surface area contributed by atoms with Gasteiger partial charge in [0, 0.05) is 23.9 Å². The van der Waals surface area contributed by atoms with Gasteiger partial charge in [-0.15, -0.1) is 0 Å². The van der Waals surface area contributed by atoms with Crippen molar-refractivity contribution in [2.75, 3.05) is 18.2 Å². The van der Waals surface area contributed by atoms with E-state index in [0.29, 0.717) is 34.9 Å². The van der Waals surface area contributed by atoms with Crippen LogP contribution in [0.15, 0.2) is 97.5 Å². The number of methoxy groups -OCH3 is 1. The Morgan fingerprint density at radius 3 is 2.43 bits per heavy atom. The monoisotopic (exact) mass is 560 g/mol. The smallest absolute Gasteiger partial charge is 0.167 e. The molecule has 0 radical (unpaired) electrons. The van der Waals surface area contributed by atoms with E-state index in [-0.39, 0.29) is 12.4 Å². The molecule has 3 aromatic heterocycles. The number of nitrogen functional groups attached to an aromatic ring is 1. The van der Waals surface area contributed by atoms with Gasteiger partial charge in [0.2, 0.25) is 0 Å². The summed E-state index contributed by atoms with van der Waals surface area (Å²) in [7, 11) is 1.64. The van der Waals surface area contributed by atoms with Crippen LogP contribution in [0.5, 0.6) is 11.5 Å². The van der Waals surface area contributed by atoms with Crippen molar-refractivity contribution in [1.82, 2.24) is 19.5 Å². The molecule has 0 atom stereocenters. The fraction of sp³-hybridized carbons (Fsp3) is 0.121. The molecule has 0 aliphatic rings. The number of ether oxygens (including phenoxy) is 2. The maximum Gasteiger partial charge on any atom is 0.167 e. The maximum atomic E-state index is 15.5. The lowest BCUT2D eigenvalue weighted by Gasteiger charge is -2.15. The zero-order chi connectivity index (χ0) is 29.1. The molecule has 0 bridgehead atoms. The van der Waals surface area contributed by atoms with Gasteiger partial charge in [0.1, 0.15) is 24.2 Å². The average molecular weight is 561 g/mol. The molecular weight excluding hydrogens is 531 g/mol. The van der Waals surface area contributed by atoms with E-state index >= 15 is 4.39 Å². The number of nitrogens with zero attached hydrogens (tertiary/aromatic N) is 4. The van der Waals surface area contributed by atoms with Crippen molar-refractivity contribution in [3.8, 4) is 28.6 Å². The number of anilines is 2. The van der Waals surface area contributed by atoms with E-state index in [1.165, 1.54) is 12.4 Å². The van der Waals surface area contributed by atoms with Crippen LogP contribution in [0.4, 0.5) is 15.9 Å². The van der Waals surface area contributed by atoms with Gasteiger partial charge in [-0.1, -0.05) is 42.5 Å². The SMILES string of the molecule is COc1ccc(CNc2ncnc3c(C)c(-c4ccc(N)cn4)n(-c4ccc(OCc5ccccc5)c(F)c4)c23)cc1. The fourth-order valence-corrected chi connectivity index (χ4v) is 4.91. The third-order valence-electron chi connectivity index (χ3n) is 7.04. The molecule has 3 heterocycles. The Bertz CT molecular complexity index is 1840. The maximum absolute atomic E-state index is 15.5. The van der Waals surface area contributed by atoms with Crippen LogP contribution < -0.4 is 20.5 Å². The zero-order valence-electron chi connectivity index (χ0n) is 23.2. The lowest BCUT2D eigenvalue weighted by Crippen LogP contribution is -2.06. The summed E-state index contributed by atoms with van der Waals surface area (Å²) in [6.07, 6.45) is 3.13. The number of halogens is 1. The first-order valence-corrected chi connectivity index (χ1v) is 13.4. The highest BCUT2D eigenvalue weighted by atomic mass is 19.1. The number of fused-ring (bicyclic) bond motifs is 1. The van der Waals surface area contributed by atoms with Crippen molar-refractivity contribution in [3.05, 3.63) is 120 Å². The minimum atomic E-state index is -0.483. The first-order valence-electron chi connectivity index (χ1n) is 13.4. The van der Waals surface area contributed by atoms with Crippen molar-refractivity contribution in [1.29, 1.82) is 0 Å². The molecule has 0 amide bonds. The number of rotatable bonds is 9. The lowest BCUT2D eigenvalue weighted by atomic mass is 10.1. The van der Waals surface area contributed by atoms with Crippen LogP contribution in [0.3, 0.4) is 0 Å². The van der Waals surface area contributed by atoms with Crippen molar-refractivity contribution < 1.29 is 13.9 Å². The van der Waals surface area contributed by atoms with Gasteiger partial charge in [-0.3, -0.25) is 4.98 Å². The fourth-order valence-electron chi connectivity index (χ4n) is 4.91. The molecular formula is C33H29FN6O2. The van der Waals surface area contributed by atoms with Crippen molar-refractivity contribution in [3.63, 3.8) is 0 Å². The third kappa shape index (κ3) is 5.32. The van der Waals surface area contributed by atoms with Gasteiger partial charge < -0.3 is 25.1 Å². The largest absolute Gasteiger partial charge is 0.497 e. The third-order valence-corrected chi connectivity index (χ3v) is 7.04. The lowest BCUT2D eigenvalue weighted by molar-refractivity contribution is 0.290. The van der Waals surface area contributed by atoms with E-state index in [1.807, 2.05) is 78.2 Å². The zero-order valence-corrected chi connectivity index (χ0v) is 23.2. The van der Waals surface area contributed by atoms with E-state index < -0.39 is 5.82 Å². The molecule has 8 nitrogen and oxygen atoms in total. The number of hydrogen-bond acceptors (Lipinski definition) is 7. The summed E-state index contributed by atoms with van der Waals surface area (Å²) < 4.78 is 28.6. The van der Waals surface area contributed by atoms with Crippen LogP contribution in [-0.2, 0) is 13.2 Å². The highest BCUT2D eigenvalue weighted by molar-refractivity contribution is 5.96. The average Bonchev–Trinajstić information content (AvgIpc) is 3.33.